The summed E-state index contributed by atoms with van der Waals surface area (Å²) in [6.07, 6.45) is 7.76. The SMILES string of the molecule is NC(=O)c1ccc2c(c1)N=CC1=C(C=CCC1)O2. The van der Waals surface area contributed by atoms with E-state index in [4.69, 9.17) is 10.5 Å². The normalized spacial score (nSPS) is 16.7. The fourth-order valence-electron chi connectivity index (χ4n) is 2.01. The molecule has 0 radical (unpaired) electrons. The van der Waals surface area contributed by atoms with Gasteiger partial charge in [0.2, 0.25) is 5.91 Å². The highest BCUT2D eigenvalue weighted by Gasteiger charge is 2.15. The van der Waals surface area contributed by atoms with Crippen molar-refractivity contribution in [2.45, 2.75) is 12.8 Å². The van der Waals surface area contributed by atoms with E-state index in [-0.39, 0.29) is 0 Å². The monoisotopic (exact) mass is 240 g/mol. The number of fused-ring (bicyclic) bond motifs is 1. The highest BCUT2D eigenvalue weighted by atomic mass is 16.5. The number of hydrogen-bond donors (Lipinski definition) is 1. The van der Waals surface area contributed by atoms with Crippen LogP contribution < -0.4 is 10.5 Å². The smallest absolute Gasteiger partial charge is 0.248 e. The Balaban J connectivity index is 2.05. The minimum atomic E-state index is -0.463. The van der Waals surface area contributed by atoms with Gasteiger partial charge in [-0.1, -0.05) is 6.08 Å². The molecule has 0 aromatic heterocycles. The van der Waals surface area contributed by atoms with Crippen LogP contribution in [0.25, 0.3) is 0 Å². The third-order valence-corrected chi connectivity index (χ3v) is 2.99. The fraction of sp³-hybridized carbons (Fsp3) is 0.143. The molecule has 2 aliphatic rings. The van der Waals surface area contributed by atoms with Gasteiger partial charge < -0.3 is 10.5 Å². The van der Waals surface area contributed by atoms with Crippen LogP contribution in [-0.4, -0.2) is 12.1 Å². The zero-order valence-electron chi connectivity index (χ0n) is 9.72. The van der Waals surface area contributed by atoms with Crippen LogP contribution in [0.4, 0.5) is 5.69 Å². The van der Waals surface area contributed by atoms with Gasteiger partial charge in [-0.3, -0.25) is 9.79 Å². The number of nitrogens with two attached hydrogens (primary N) is 1. The zero-order chi connectivity index (χ0) is 12.5. The summed E-state index contributed by atoms with van der Waals surface area (Å²) >= 11 is 0. The van der Waals surface area contributed by atoms with E-state index >= 15 is 0 Å². The second-order valence-electron chi connectivity index (χ2n) is 4.24. The minimum Gasteiger partial charge on any atom is -0.455 e. The number of rotatable bonds is 1. The molecule has 90 valence electrons. The largest absolute Gasteiger partial charge is 0.455 e. The zero-order valence-corrected chi connectivity index (χ0v) is 9.72. The molecule has 1 heterocycles. The van der Waals surface area contributed by atoms with Crippen molar-refractivity contribution < 1.29 is 9.53 Å². The Morgan fingerprint density at radius 2 is 2.28 bits per heavy atom. The number of amides is 1. The van der Waals surface area contributed by atoms with Crippen LogP contribution >= 0.6 is 0 Å². The Hall–Kier alpha value is -2.36. The van der Waals surface area contributed by atoms with E-state index in [1.807, 2.05) is 6.08 Å². The quantitative estimate of drug-likeness (QED) is 0.819. The first kappa shape index (κ1) is 10.8. The molecule has 0 spiro atoms. The number of allylic oxidation sites excluding steroid dienone is 3. The number of ether oxygens (including phenoxy) is 1. The number of nitrogens with zero attached hydrogens (tertiary/aromatic N) is 1. The van der Waals surface area contributed by atoms with Gasteiger partial charge in [-0.2, -0.15) is 0 Å². The van der Waals surface area contributed by atoms with Crippen molar-refractivity contribution in [2.75, 3.05) is 0 Å². The maximum absolute atomic E-state index is 11.1. The first-order valence-electron chi connectivity index (χ1n) is 5.79. The van der Waals surface area contributed by atoms with Crippen molar-refractivity contribution >= 4 is 17.8 Å². The van der Waals surface area contributed by atoms with Crippen molar-refractivity contribution in [3.05, 3.63) is 47.2 Å². The van der Waals surface area contributed by atoms with Gasteiger partial charge in [-0.15, -0.1) is 0 Å². The molecule has 1 aliphatic carbocycles. The van der Waals surface area contributed by atoms with Gasteiger partial charge in [0.25, 0.3) is 0 Å². The Bertz CT molecular complexity index is 612. The van der Waals surface area contributed by atoms with E-state index in [2.05, 4.69) is 11.1 Å². The summed E-state index contributed by atoms with van der Waals surface area (Å²) in [4.78, 5) is 15.5. The van der Waals surface area contributed by atoms with Crippen molar-refractivity contribution in [2.24, 2.45) is 10.7 Å². The molecule has 2 N–H and O–H groups in total. The van der Waals surface area contributed by atoms with Crippen LogP contribution in [0.3, 0.4) is 0 Å². The van der Waals surface area contributed by atoms with Crippen molar-refractivity contribution in [3.63, 3.8) is 0 Å². The molecule has 0 bridgehead atoms. The summed E-state index contributed by atoms with van der Waals surface area (Å²) in [5.74, 6) is 1.01. The van der Waals surface area contributed by atoms with Gasteiger partial charge >= 0.3 is 0 Å². The Labute approximate surface area is 104 Å². The summed E-state index contributed by atoms with van der Waals surface area (Å²) < 4.78 is 5.81. The van der Waals surface area contributed by atoms with Gasteiger partial charge in [-0.05, 0) is 37.1 Å². The lowest BCUT2D eigenvalue weighted by Gasteiger charge is -2.12. The molecule has 4 nitrogen and oxygen atoms in total. The predicted octanol–water partition coefficient (Wildman–Crippen LogP) is 2.48. The highest BCUT2D eigenvalue weighted by molar-refractivity contribution is 5.95. The Kier molecular flexibility index (Phi) is 2.48. The Morgan fingerprint density at radius 1 is 1.39 bits per heavy atom. The minimum absolute atomic E-state index is 0.435. The van der Waals surface area contributed by atoms with Crippen LogP contribution in [0.5, 0.6) is 5.75 Å². The second-order valence-corrected chi connectivity index (χ2v) is 4.24. The summed E-state index contributed by atoms with van der Waals surface area (Å²) in [7, 11) is 0. The molecule has 1 aliphatic heterocycles. The molecule has 0 atom stereocenters. The predicted molar refractivity (Wildman–Crippen MR) is 69.1 cm³/mol. The van der Waals surface area contributed by atoms with Gasteiger partial charge in [0, 0.05) is 17.4 Å². The van der Waals surface area contributed by atoms with E-state index in [9.17, 15) is 4.79 Å². The third-order valence-electron chi connectivity index (χ3n) is 2.99. The molecule has 0 fully saturated rings. The third kappa shape index (κ3) is 1.82. The number of carbonyl (C=O) groups excluding carboxylic acids is 1. The van der Waals surface area contributed by atoms with Crippen LogP contribution in [0, 0.1) is 0 Å². The van der Waals surface area contributed by atoms with Gasteiger partial charge in [0.1, 0.15) is 11.4 Å². The molecule has 1 amide bonds. The number of primary amides is 1. The summed E-state index contributed by atoms with van der Waals surface area (Å²) in [6, 6.07) is 5.02. The van der Waals surface area contributed by atoms with E-state index in [1.54, 1.807) is 24.4 Å². The van der Waals surface area contributed by atoms with Gasteiger partial charge in [-0.25, -0.2) is 0 Å². The molecule has 0 saturated heterocycles. The maximum atomic E-state index is 11.1. The lowest BCUT2D eigenvalue weighted by molar-refractivity contribution is 0.100. The van der Waals surface area contributed by atoms with Crippen LogP contribution in [0.15, 0.2) is 46.7 Å². The van der Waals surface area contributed by atoms with Crippen LogP contribution in [-0.2, 0) is 0 Å². The van der Waals surface area contributed by atoms with Crippen LogP contribution in [0.2, 0.25) is 0 Å². The number of hydrogen-bond acceptors (Lipinski definition) is 3. The molecule has 1 aromatic rings. The van der Waals surface area contributed by atoms with Gasteiger partial charge in [0.15, 0.2) is 5.75 Å². The summed E-state index contributed by atoms with van der Waals surface area (Å²) in [5.41, 5.74) is 7.40. The van der Waals surface area contributed by atoms with E-state index in [0.717, 1.165) is 24.2 Å². The first-order valence-corrected chi connectivity index (χ1v) is 5.79. The Morgan fingerprint density at radius 3 is 3.11 bits per heavy atom. The summed E-state index contributed by atoms with van der Waals surface area (Å²) in [5, 5.41) is 0. The molecule has 1 aromatic carbocycles. The summed E-state index contributed by atoms with van der Waals surface area (Å²) in [6.45, 7) is 0. The average Bonchev–Trinajstić information content (AvgIpc) is 2.56. The number of carbonyl (C=O) groups is 1. The second kappa shape index (κ2) is 4.14. The van der Waals surface area contributed by atoms with E-state index in [0.29, 0.717) is 17.0 Å². The molecular weight excluding hydrogens is 228 g/mol. The van der Waals surface area contributed by atoms with Crippen molar-refractivity contribution in [3.8, 4) is 5.75 Å². The molecule has 0 unspecified atom stereocenters. The maximum Gasteiger partial charge on any atom is 0.248 e. The standard InChI is InChI=1S/C14H12N2O2/c15-14(17)9-5-6-13-11(7-9)16-8-10-3-1-2-4-12(10)18-13/h2,4-8H,1,3H2,(H2,15,17). The molecule has 4 heteroatoms. The van der Waals surface area contributed by atoms with Crippen molar-refractivity contribution in [1.29, 1.82) is 0 Å². The molecule has 3 rings (SSSR count). The van der Waals surface area contributed by atoms with E-state index in [1.165, 1.54) is 0 Å². The fourth-order valence-corrected chi connectivity index (χ4v) is 2.01. The average molecular weight is 240 g/mol. The molecule has 18 heavy (non-hydrogen) atoms. The van der Waals surface area contributed by atoms with E-state index < -0.39 is 5.91 Å². The first-order chi connectivity index (χ1) is 8.74. The van der Waals surface area contributed by atoms with Crippen LogP contribution in [0.1, 0.15) is 23.2 Å². The van der Waals surface area contributed by atoms with Crippen molar-refractivity contribution in [1.82, 2.24) is 0 Å². The highest BCUT2D eigenvalue weighted by Crippen LogP contribution is 2.34. The molecule has 0 saturated carbocycles. The topological polar surface area (TPSA) is 64.7 Å². The number of aliphatic imine (C=N–C) groups is 1. The lowest BCUT2D eigenvalue weighted by Crippen LogP contribution is -2.10. The van der Waals surface area contributed by atoms with Gasteiger partial charge in [0.05, 0.1) is 0 Å². The lowest BCUT2D eigenvalue weighted by atomic mass is 10.0. The molecular formula is C14H12N2O2. The number of benzene rings is 1.